The van der Waals surface area contributed by atoms with E-state index in [9.17, 15) is 9.59 Å². The Kier molecular flexibility index (Phi) is 8.95. The maximum atomic E-state index is 11.6. The molecule has 0 aromatic heterocycles. The number of carbonyl (C=O) groups excluding carboxylic acids is 1. The first-order valence-corrected chi connectivity index (χ1v) is 6.73. The molecule has 0 aliphatic rings. The number of rotatable bonds is 9. The fraction of sp³-hybridized carbons (Fsp3) is 0.846. The van der Waals surface area contributed by atoms with Crippen LogP contribution in [0.15, 0.2) is 0 Å². The highest BCUT2D eigenvalue weighted by molar-refractivity contribution is 5.75. The van der Waals surface area contributed by atoms with Crippen LogP contribution in [0.1, 0.15) is 33.1 Å². The van der Waals surface area contributed by atoms with Gasteiger partial charge in [0, 0.05) is 12.6 Å². The van der Waals surface area contributed by atoms with Gasteiger partial charge in [-0.2, -0.15) is 0 Å². The van der Waals surface area contributed by atoms with Crippen LogP contribution in [0.5, 0.6) is 0 Å². The lowest BCUT2D eigenvalue weighted by molar-refractivity contribution is -0.137. The van der Waals surface area contributed by atoms with Gasteiger partial charge in [-0.15, -0.1) is 0 Å². The van der Waals surface area contributed by atoms with Gasteiger partial charge in [-0.25, -0.2) is 4.79 Å². The van der Waals surface area contributed by atoms with Crippen molar-refractivity contribution in [3.63, 3.8) is 0 Å². The molecule has 2 amide bonds. The minimum atomic E-state index is -0.898. The highest BCUT2D eigenvalue weighted by Crippen LogP contribution is 2.05. The van der Waals surface area contributed by atoms with Crippen LogP contribution in [-0.2, 0) is 4.79 Å². The fourth-order valence-corrected chi connectivity index (χ4v) is 1.62. The van der Waals surface area contributed by atoms with E-state index in [0.717, 1.165) is 19.4 Å². The Bertz CT molecular complexity index is 280. The van der Waals surface area contributed by atoms with Crippen molar-refractivity contribution < 1.29 is 14.7 Å². The molecule has 19 heavy (non-hydrogen) atoms. The third kappa shape index (κ3) is 10.3. The summed E-state index contributed by atoms with van der Waals surface area (Å²) in [5.41, 5.74) is 0. The van der Waals surface area contributed by atoms with Crippen molar-refractivity contribution in [3.8, 4) is 0 Å². The van der Waals surface area contributed by atoms with E-state index in [1.807, 2.05) is 27.9 Å². The second kappa shape index (κ2) is 9.61. The minimum Gasteiger partial charge on any atom is -0.481 e. The summed E-state index contributed by atoms with van der Waals surface area (Å²) < 4.78 is 0. The maximum Gasteiger partial charge on any atom is 0.315 e. The van der Waals surface area contributed by atoms with Gasteiger partial charge in [0.1, 0.15) is 0 Å². The van der Waals surface area contributed by atoms with Crippen molar-refractivity contribution in [1.82, 2.24) is 15.5 Å². The van der Waals surface area contributed by atoms with Crippen molar-refractivity contribution in [2.45, 2.75) is 39.2 Å². The average molecular weight is 273 g/mol. The summed E-state index contributed by atoms with van der Waals surface area (Å²) in [5, 5.41) is 14.2. The van der Waals surface area contributed by atoms with E-state index in [0.29, 0.717) is 6.54 Å². The van der Waals surface area contributed by atoms with Gasteiger partial charge in [-0.05, 0) is 39.4 Å². The maximum absolute atomic E-state index is 11.6. The van der Waals surface area contributed by atoms with Crippen LogP contribution >= 0.6 is 0 Å². The molecule has 6 heteroatoms. The Morgan fingerprint density at radius 2 is 1.84 bits per heavy atom. The summed E-state index contributed by atoms with van der Waals surface area (Å²) in [7, 11) is 4.03. The lowest BCUT2D eigenvalue weighted by Crippen LogP contribution is -2.45. The third-order valence-corrected chi connectivity index (χ3v) is 2.83. The summed E-state index contributed by atoms with van der Waals surface area (Å²) >= 11 is 0. The first-order chi connectivity index (χ1) is 8.82. The Hall–Kier alpha value is -1.30. The molecule has 0 saturated heterocycles. The summed E-state index contributed by atoms with van der Waals surface area (Å²) in [5.74, 6) is -0.805. The number of nitrogens with zero attached hydrogens (tertiary/aromatic N) is 1. The number of carbonyl (C=O) groups is 2. The van der Waals surface area contributed by atoms with Gasteiger partial charge in [0.2, 0.25) is 0 Å². The molecule has 0 saturated carbocycles. The summed E-state index contributed by atoms with van der Waals surface area (Å²) in [4.78, 5) is 24.4. The third-order valence-electron chi connectivity index (χ3n) is 2.83. The minimum absolute atomic E-state index is 0.0499. The molecule has 0 aliphatic heterocycles. The predicted molar refractivity (Wildman–Crippen MR) is 75.2 cm³/mol. The van der Waals surface area contributed by atoms with Crippen LogP contribution in [0.4, 0.5) is 4.79 Å². The number of amides is 2. The van der Waals surface area contributed by atoms with E-state index in [1.165, 1.54) is 0 Å². The number of unbranched alkanes of at least 4 members (excludes halogenated alkanes) is 1. The molecule has 0 radical (unpaired) electrons. The molecule has 0 heterocycles. The van der Waals surface area contributed by atoms with Crippen molar-refractivity contribution in [1.29, 1.82) is 0 Å². The molecule has 0 bridgehead atoms. The van der Waals surface area contributed by atoms with Gasteiger partial charge in [-0.3, -0.25) is 4.79 Å². The van der Waals surface area contributed by atoms with Crippen LogP contribution < -0.4 is 10.6 Å². The van der Waals surface area contributed by atoms with Gasteiger partial charge >= 0.3 is 12.0 Å². The van der Waals surface area contributed by atoms with Crippen LogP contribution in [-0.4, -0.2) is 55.2 Å². The average Bonchev–Trinajstić information content (AvgIpc) is 2.26. The number of hydrogen-bond acceptors (Lipinski definition) is 3. The highest BCUT2D eigenvalue weighted by Gasteiger charge is 2.18. The molecular formula is C13H27N3O3. The number of aliphatic carboxylic acids is 1. The Balaban J connectivity index is 3.84. The number of carboxylic acids is 1. The zero-order valence-corrected chi connectivity index (χ0v) is 12.4. The van der Waals surface area contributed by atoms with E-state index >= 15 is 0 Å². The molecule has 0 rings (SSSR count). The van der Waals surface area contributed by atoms with Crippen molar-refractivity contribution in [3.05, 3.63) is 0 Å². The van der Waals surface area contributed by atoms with Gasteiger partial charge < -0.3 is 20.6 Å². The van der Waals surface area contributed by atoms with E-state index < -0.39 is 5.97 Å². The van der Waals surface area contributed by atoms with Crippen molar-refractivity contribution >= 4 is 12.0 Å². The highest BCUT2D eigenvalue weighted by atomic mass is 16.4. The van der Waals surface area contributed by atoms with E-state index in [2.05, 4.69) is 15.5 Å². The van der Waals surface area contributed by atoms with E-state index in [1.54, 1.807) is 0 Å². The molecule has 1 atom stereocenters. The normalized spacial score (nSPS) is 12.5. The second-order valence-corrected chi connectivity index (χ2v) is 5.36. The summed E-state index contributed by atoms with van der Waals surface area (Å²) in [6.45, 7) is 5.39. The molecule has 0 fully saturated rings. The van der Waals surface area contributed by atoms with Crippen LogP contribution in [0.25, 0.3) is 0 Å². The largest absolute Gasteiger partial charge is 0.481 e. The van der Waals surface area contributed by atoms with Crippen LogP contribution in [0, 0.1) is 5.92 Å². The topological polar surface area (TPSA) is 81.7 Å². The first kappa shape index (κ1) is 17.7. The first-order valence-electron chi connectivity index (χ1n) is 6.73. The van der Waals surface area contributed by atoms with Crippen molar-refractivity contribution in [2.75, 3.05) is 27.2 Å². The lowest BCUT2D eigenvalue weighted by Gasteiger charge is -2.20. The van der Waals surface area contributed by atoms with Crippen LogP contribution in [0.3, 0.4) is 0 Å². The molecule has 0 spiro atoms. The number of carboxylic acid groups (broad SMARTS) is 1. The SMILES string of the molecule is CC(C)C(CC(=O)O)NC(=O)NCCCCN(C)C. The van der Waals surface area contributed by atoms with Crippen LogP contribution in [0.2, 0.25) is 0 Å². The van der Waals surface area contributed by atoms with Gasteiger partial charge in [-0.1, -0.05) is 13.8 Å². The van der Waals surface area contributed by atoms with Crippen molar-refractivity contribution in [2.24, 2.45) is 5.92 Å². The molecule has 112 valence electrons. The predicted octanol–water partition coefficient (Wildman–Crippen LogP) is 1.13. The molecule has 0 aromatic rings. The van der Waals surface area contributed by atoms with Gasteiger partial charge in [0.05, 0.1) is 6.42 Å². The molecule has 3 N–H and O–H groups in total. The monoisotopic (exact) mass is 273 g/mol. The molecule has 1 unspecified atom stereocenters. The smallest absolute Gasteiger partial charge is 0.315 e. The number of hydrogen-bond donors (Lipinski definition) is 3. The van der Waals surface area contributed by atoms with Gasteiger partial charge in [0.15, 0.2) is 0 Å². The summed E-state index contributed by atoms with van der Waals surface area (Å²) in [6.07, 6.45) is 1.89. The number of urea groups is 1. The molecule has 6 nitrogen and oxygen atoms in total. The Morgan fingerprint density at radius 3 is 2.32 bits per heavy atom. The standard InChI is InChI=1S/C13H27N3O3/c1-10(2)11(9-12(17)18)15-13(19)14-7-5-6-8-16(3)4/h10-11H,5-9H2,1-4H3,(H,17,18)(H2,14,15,19). The summed E-state index contributed by atoms with van der Waals surface area (Å²) in [6, 6.07) is -0.621. The molecule has 0 aromatic carbocycles. The van der Waals surface area contributed by atoms with E-state index in [4.69, 9.17) is 5.11 Å². The lowest BCUT2D eigenvalue weighted by atomic mass is 10.0. The second-order valence-electron chi connectivity index (χ2n) is 5.36. The number of nitrogens with one attached hydrogen (secondary N) is 2. The van der Waals surface area contributed by atoms with E-state index in [-0.39, 0.29) is 24.4 Å². The Morgan fingerprint density at radius 1 is 1.21 bits per heavy atom. The molecular weight excluding hydrogens is 246 g/mol. The zero-order chi connectivity index (χ0) is 14.8. The quantitative estimate of drug-likeness (QED) is 0.550. The Labute approximate surface area is 115 Å². The van der Waals surface area contributed by atoms with Gasteiger partial charge in [0.25, 0.3) is 0 Å². The molecule has 0 aliphatic carbocycles. The zero-order valence-electron chi connectivity index (χ0n) is 12.4. The fourth-order valence-electron chi connectivity index (χ4n) is 1.62.